The number of carboxylic acids is 2. The Morgan fingerprint density at radius 2 is 1.42 bits per heavy atom. The Hall–Kier alpha value is -3.71. The lowest BCUT2D eigenvalue weighted by molar-refractivity contribution is -0.143. The maximum atomic E-state index is 13.0. The first-order valence-corrected chi connectivity index (χ1v) is 11.3. The van der Waals surface area contributed by atoms with Crippen molar-refractivity contribution in [3.05, 3.63) is 29.8 Å². The van der Waals surface area contributed by atoms with Crippen molar-refractivity contribution in [2.24, 2.45) is 11.7 Å². The third kappa shape index (κ3) is 9.50. The van der Waals surface area contributed by atoms with Crippen LogP contribution < -0.4 is 21.7 Å². The normalized spacial score (nSPS) is 15.9. The van der Waals surface area contributed by atoms with Crippen molar-refractivity contribution in [2.75, 3.05) is 0 Å². The Labute approximate surface area is 208 Å². The van der Waals surface area contributed by atoms with Gasteiger partial charge in [0.25, 0.3) is 0 Å². The maximum absolute atomic E-state index is 13.0. The monoisotopic (exact) mass is 510 g/mol. The summed E-state index contributed by atoms with van der Waals surface area (Å²) < 4.78 is 0. The quantitative estimate of drug-likeness (QED) is 0.147. The zero-order chi connectivity index (χ0) is 27.6. The van der Waals surface area contributed by atoms with Gasteiger partial charge in [0.05, 0.1) is 18.6 Å². The van der Waals surface area contributed by atoms with E-state index >= 15 is 0 Å². The third-order valence-corrected chi connectivity index (χ3v) is 5.58. The molecule has 0 saturated carbocycles. The molecule has 0 spiro atoms. The molecule has 6 atom stereocenters. The molecule has 200 valence electrons. The third-order valence-electron chi connectivity index (χ3n) is 5.58. The summed E-state index contributed by atoms with van der Waals surface area (Å²) in [5, 5.41) is 44.9. The van der Waals surface area contributed by atoms with Gasteiger partial charge in [0.15, 0.2) is 0 Å². The van der Waals surface area contributed by atoms with E-state index in [1.165, 1.54) is 31.2 Å². The Morgan fingerprint density at radius 1 is 0.889 bits per heavy atom. The molecule has 1 aromatic rings. The number of phenolic OH excluding ortho intramolecular Hbond substituents is 1. The molecule has 0 aliphatic rings. The van der Waals surface area contributed by atoms with Crippen LogP contribution in [-0.4, -0.2) is 80.4 Å². The number of carboxylic acid groups (broad SMARTS) is 2. The standard InChI is InChI=1S/C23H34N4O9/c1-4-11(2)18(26-20(32)15(24)10-17(30)31)21(33)27-19(12(3)28)22(34)25-16(23(35)36)9-13-5-7-14(29)8-6-13/h5-8,11-12,15-16,18-19,28-29H,4,9-10,24H2,1-3H3,(H,25,34)(H,26,32)(H,27,33)(H,30,31)(H,35,36). The molecule has 0 aromatic heterocycles. The van der Waals surface area contributed by atoms with Crippen molar-refractivity contribution in [3.63, 3.8) is 0 Å². The number of phenols is 1. The van der Waals surface area contributed by atoms with Crippen molar-refractivity contribution >= 4 is 29.7 Å². The summed E-state index contributed by atoms with van der Waals surface area (Å²) in [6, 6.07) is 0.119. The Morgan fingerprint density at radius 3 is 1.89 bits per heavy atom. The van der Waals surface area contributed by atoms with Gasteiger partial charge in [0, 0.05) is 6.42 Å². The fourth-order valence-corrected chi connectivity index (χ4v) is 3.22. The summed E-state index contributed by atoms with van der Waals surface area (Å²) in [6.07, 6.45) is -1.79. The van der Waals surface area contributed by atoms with Crippen LogP contribution in [0.4, 0.5) is 0 Å². The van der Waals surface area contributed by atoms with E-state index in [2.05, 4.69) is 16.0 Å². The lowest BCUT2D eigenvalue weighted by Crippen LogP contribution is -2.61. The van der Waals surface area contributed by atoms with Gasteiger partial charge < -0.3 is 42.1 Å². The van der Waals surface area contributed by atoms with Gasteiger partial charge in [0.2, 0.25) is 17.7 Å². The Bertz CT molecular complexity index is 936. The molecule has 0 radical (unpaired) electrons. The molecule has 6 unspecified atom stereocenters. The molecule has 13 nitrogen and oxygen atoms in total. The molecule has 3 amide bonds. The summed E-state index contributed by atoms with van der Waals surface area (Å²) in [4.78, 5) is 60.6. The second kappa shape index (κ2) is 14.0. The Kier molecular flexibility index (Phi) is 11.8. The number of nitrogens with one attached hydrogen (secondary N) is 3. The van der Waals surface area contributed by atoms with Gasteiger partial charge in [-0.25, -0.2) is 4.79 Å². The number of rotatable bonds is 14. The number of hydrogen-bond acceptors (Lipinski definition) is 8. The number of aliphatic hydroxyl groups is 1. The topological polar surface area (TPSA) is 228 Å². The number of aliphatic carboxylic acids is 2. The van der Waals surface area contributed by atoms with Gasteiger partial charge in [-0.05, 0) is 30.5 Å². The van der Waals surface area contributed by atoms with Crippen molar-refractivity contribution in [2.45, 2.75) is 70.3 Å². The van der Waals surface area contributed by atoms with Crippen LogP contribution in [-0.2, 0) is 30.4 Å². The molecule has 0 heterocycles. The van der Waals surface area contributed by atoms with E-state index in [9.17, 15) is 39.3 Å². The number of hydrogen-bond donors (Lipinski definition) is 8. The van der Waals surface area contributed by atoms with E-state index in [0.29, 0.717) is 12.0 Å². The number of benzene rings is 1. The first-order valence-electron chi connectivity index (χ1n) is 11.3. The summed E-state index contributed by atoms with van der Waals surface area (Å²) in [7, 11) is 0. The summed E-state index contributed by atoms with van der Waals surface area (Å²) in [5.74, 6) is -5.82. The van der Waals surface area contributed by atoms with Crippen LogP contribution in [0.3, 0.4) is 0 Å². The van der Waals surface area contributed by atoms with E-state index in [-0.39, 0.29) is 12.2 Å². The number of aromatic hydroxyl groups is 1. The van der Waals surface area contributed by atoms with E-state index in [1.807, 2.05) is 0 Å². The molecule has 13 heteroatoms. The van der Waals surface area contributed by atoms with Crippen LogP contribution in [0.15, 0.2) is 24.3 Å². The van der Waals surface area contributed by atoms with Gasteiger partial charge in [-0.1, -0.05) is 32.4 Å². The number of carbonyl (C=O) groups is 5. The molecule has 0 bridgehead atoms. The number of amides is 3. The zero-order valence-corrected chi connectivity index (χ0v) is 20.3. The minimum absolute atomic E-state index is 0.0154. The molecule has 0 fully saturated rings. The number of aliphatic hydroxyl groups excluding tert-OH is 1. The first kappa shape index (κ1) is 30.3. The second-order valence-corrected chi connectivity index (χ2v) is 8.57. The van der Waals surface area contributed by atoms with E-state index < -0.39 is 72.3 Å². The molecular weight excluding hydrogens is 476 g/mol. The van der Waals surface area contributed by atoms with Gasteiger partial charge in [-0.15, -0.1) is 0 Å². The number of nitrogens with two attached hydrogens (primary N) is 1. The maximum Gasteiger partial charge on any atom is 0.326 e. The fourth-order valence-electron chi connectivity index (χ4n) is 3.22. The van der Waals surface area contributed by atoms with Gasteiger partial charge >= 0.3 is 11.9 Å². The zero-order valence-electron chi connectivity index (χ0n) is 20.3. The Balaban J connectivity index is 3.00. The number of carbonyl (C=O) groups excluding carboxylic acids is 3. The van der Waals surface area contributed by atoms with Crippen LogP contribution in [0.1, 0.15) is 39.2 Å². The van der Waals surface area contributed by atoms with Crippen LogP contribution >= 0.6 is 0 Å². The van der Waals surface area contributed by atoms with Gasteiger partial charge in [-0.2, -0.15) is 0 Å². The smallest absolute Gasteiger partial charge is 0.326 e. The summed E-state index contributed by atoms with van der Waals surface area (Å²) in [5.41, 5.74) is 6.07. The van der Waals surface area contributed by atoms with E-state index in [0.717, 1.165) is 0 Å². The highest BCUT2D eigenvalue weighted by Gasteiger charge is 2.34. The van der Waals surface area contributed by atoms with Crippen LogP contribution in [0.25, 0.3) is 0 Å². The highest BCUT2D eigenvalue weighted by Crippen LogP contribution is 2.12. The molecule has 1 rings (SSSR count). The second-order valence-electron chi connectivity index (χ2n) is 8.57. The van der Waals surface area contributed by atoms with Crippen molar-refractivity contribution in [1.29, 1.82) is 0 Å². The van der Waals surface area contributed by atoms with E-state index in [1.54, 1.807) is 13.8 Å². The van der Waals surface area contributed by atoms with Crippen molar-refractivity contribution in [3.8, 4) is 5.75 Å². The molecule has 0 aliphatic carbocycles. The van der Waals surface area contributed by atoms with Crippen LogP contribution in [0.5, 0.6) is 5.75 Å². The predicted octanol–water partition coefficient (Wildman–Crippen LogP) is -1.30. The van der Waals surface area contributed by atoms with E-state index in [4.69, 9.17) is 10.8 Å². The highest BCUT2D eigenvalue weighted by atomic mass is 16.4. The van der Waals surface area contributed by atoms with Crippen molar-refractivity contribution in [1.82, 2.24) is 16.0 Å². The largest absolute Gasteiger partial charge is 0.508 e. The average Bonchev–Trinajstić information content (AvgIpc) is 2.80. The van der Waals surface area contributed by atoms with Gasteiger partial charge in [0.1, 0.15) is 23.9 Å². The predicted molar refractivity (Wildman–Crippen MR) is 127 cm³/mol. The minimum Gasteiger partial charge on any atom is -0.508 e. The first-order chi connectivity index (χ1) is 16.8. The molecule has 1 aromatic carbocycles. The molecular formula is C23H34N4O9. The summed E-state index contributed by atoms with van der Waals surface area (Å²) in [6.45, 7) is 4.61. The van der Waals surface area contributed by atoms with Crippen LogP contribution in [0.2, 0.25) is 0 Å². The molecule has 0 saturated heterocycles. The van der Waals surface area contributed by atoms with Gasteiger partial charge in [-0.3, -0.25) is 19.2 Å². The fraction of sp³-hybridized carbons (Fsp3) is 0.522. The molecule has 9 N–H and O–H groups in total. The summed E-state index contributed by atoms with van der Waals surface area (Å²) >= 11 is 0. The lowest BCUT2D eigenvalue weighted by Gasteiger charge is -2.28. The molecule has 0 aliphatic heterocycles. The minimum atomic E-state index is -1.56. The SMILES string of the molecule is CCC(C)C(NC(=O)C(N)CC(=O)O)C(=O)NC(C(=O)NC(Cc1ccc(O)cc1)C(=O)O)C(C)O. The van der Waals surface area contributed by atoms with Crippen molar-refractivity contribution < 1.29 is 44.4 Å². The average molecular weight is 511 g/mol. The molecule has 36 heavy (non-hydrogen) atoms. The van der Waals surface area contributed by atoms with Crippen LogP contribution in [0, 0.1) is 5.92 Å². The lowest BCUT2D eigenvalue weighted by atomic mass is 9.97. The highest BCUT2D eigenvalue weighted by molar-refractivity contribution is 5.95.